The van der Waals surface area contributed by atoms with Crippen LogP contribution in [-0.4, -0.2) is 5.24 Å². The number of hydrogen-bond acceptors (Lipinski definition) is 1. The number of carbonyl (C=O) groups excluding carboxylic acids is 1. The second-order valence-corrected chi connectivity index (χ2v) is 4.49. The first-order valence-electron chi connectivity index (χ1n) is 4.71. The van der Waals surface area contributed by atoms with Crippen molar-refractivity contribution in [3.05, 3.63) is 35.9 Å². The van der Waals surface area contributed by atoms with Crippen molar-refractivity contribution in [1.82, 2.24) is 0 Å². The Kier molecular flexibility index (Phi) is 3.33. The van der Waals surface area contributed by atoms with Gasteiger partial charge in [0, 0.05) is 11.3 Å². The fourth-order valence-corrected chi connectivity index (χ4v) is 1.67. The highest BCUT2D eigenvalue weighted by Crippen LogP contribution is 2.32. The molecule has 0 heterocycles. The Balaban J connectivity index is 3.02. The maximum atomic E-state index is 11.1. The van der Waals surface area contributed by atoms with Gasteiger partial charge < -0.3 is 0 Å². The molecule has 0 aliphatic rings. The zero-order chi connectivity index (χ0) is 10.8. The molecule has 0 fully saturated rings. The van der Waals surface area contributed by atoms with E-state index < -0.39 is 0 Å². The van der Waals surface area contributed by atoms with E-state index in [-0.39, 0.29) is 16.6 Å². The summed E-state index contributed by atoms with van der Waals surface area (Å²) in [5.74, 6) is -0.174. The third-order valence-electron chi connectivity index (χ3n) is 2.94. The molecule has 0 N–H and O–H groups in total. The van der Waals surface area contributed by atoms with Gasteiger partial charge in [0.15, 0.2) is 0 Å². The lowest BCUT2D eigenvalue weighted by molar-refractivity contribution is -0.116. The molecule has 0 spiro atoms. The summed E-state index contributed by atoms with van der Waals surface area (Å²) in [6, 6.07) is 9.96. The van der Waals surface area contributed by atoms with Crippen LogP contribution in [0.25, 0.3) is 0 Å². The lowest BCUT2D eigenvalue weighted by Crippen LogP contribution is -2.30. The highest BCUT2D eigenvalue weighted by molar-refractivity contribution is 6.64. The van der Waals surface area contributed by atoms with Crippen LogP contribution in [0, 0.1) is 5.92 Å². The smallest absolute Gasteiger partial charge is 0.225 e. The SMILES string of the molecule is CC(C(=O)Cl)C(C)(C)c1ccccc1. The summed E-state index contributed by atoms with van der Waals surface area (Å²) >= 11 is 5.52. The molecule has 0 radical (unpaired) electrons. The topological polar surface area (TPSA) is 17.1 Å². The minimum atomic E-state index is -0.279. The maximum Gasteiger partial charge on any atom is 0.225 e. The number of hydrogen-bond donors (Lipinski definition) is 0. The van der Waals surface area contributed by atoms with E-state index in [0.29, 0.717) is 0 Å². The molecule has 1 nitrogen and oxygen atoms in total. The quantitative estimate of drug-likeness (QED) is 0.700. The average Bonchev–Trinajstić information content (AvgIpc) is 2.18. The molecule has 0 aliphatic heterocycles. The highest BCUT2D eigenvalue weighted by atomic mass is 35.5. The van der Waals surface area contributed by atoms with Gasteiger partial charge >= 0.3 is 0 Å². The van der Waals surface area contributed by atoms with Crippen molar-refractivity contribution < 1.29 is 4.79 Å². The molecule has 0 bridgehead atoms. The standard InChI is InChI=1S/C12H15ClO/c1-9(11(13)14)12(2,3)10-7-5-4-6-8-10/h4-9H,1-3H3. The second kappa shape index (κ2) is 4.14. The molecule has 0 saturated carbocycles. The highest BCUT2D eigenvalue weighted by Gasteiger charge is 2.31. The third-order valence-corrected chi connectivity index (χ3v) is 3.27. The van der Waals surface area contributed by atoms with Crippen molar-refractivity contribution in [3.63, 3.8) is 0 Å². The zero-order valence-electron chi connectivity index (χ0n) is 8.75. The van der Waals surface area contributed by atoms with E-state index in [9.17, 15) is 4.79 Å². The van der Waals surface area contributed by atoms with Crippen LogP contribution in [0.1, 0.15) is 26.3 Å². The van der Waals surface area contributed by atoms with E-state index in [4.69, 9.17) is 11.6 Å². The van der Waals surface area contributed by atoms with Crippen LogP contribution in [0.2, 0.25) is 0 Å². The molecular formula is C12H15ClO. The molecule has 2 heteroatoms. The minimum absolute atomic E-state index is 0.174. The monoisotopic (exact) mass is 210 g/mol. The molecule has 1 rings (SSSR count). The van der Waals surface area contributed by atoms with Gasteiger partial charge in [-0.05, 0) is 17.2 Å². The van der Waals surface area contributed by atoms with E-state index in [0.717, 1.165) is 5.56 Å². The van der Waals surface area contributed by atoms with Gasteiger partial charge in [0.2, 0.25) is 5.24 Å². The van der Waals surface area contributed by atoms with Gasteiger partial charge in [-0.25, -0.2) is 0 Å². The van der Waals surface area contributed by atoms with Crippen LogP contribution in [0.4, 0.5) is 0 Å². The lowest BCUT2D eigenvalue weighted by Gasteiger charge is -2.29. The lowest BCUT2D eigenvalue weighted by atomic mass is 9.75. The molecule has 14 heavy (non-hydrogen) atoms. The average molecular weight is 211 g/mol. The fourth-order valence-electron chi connectivity index (χ4n) is 1.40. The fraction of sp³-hybridized carbons (Fsp3) is 0.417. The summed E-state index contributed by atoms with van der Waals surface area (Å²) in [5.41, 5.74) is 0.932. The van der Waals surface area contributed by atoms with Crippen LogP contribution in [-0.2, 0) is 10.2 Å². The first-order chi connectivity index (χ1) is 6.46. The van der Waals surface area contributed by atoms with Crippen LogP contribution < -0.4 is 0 Å². The van der Waals surface area contributed by atoms with E-state index >= 15 is 0 Å². The van der Waals surface area contributed by atoms with E-state index in [2.05, 4.69) is 0 Å². The van der Waals surface area contributed by atoms with E-state index in [1.165, 1.54) is 0 Å². The van der Waals surface area contributed by atoms with Crippen molar-refractivity contribution in [3.8, 4) is 0 Å². The molecular weight excluding hydrogens is 196 g/mol. The van der Waals surface area contributed by atoms with Crippen molar-refractivity contribution >= 4 is 16.8 Å². The molecule has 0 aromatic heterocycles. The molecule has 1 atom stereocenters. The molecule has 1 aromatic rings. The van der Waals surface area contributed by atoms with Gasteiger partial charge in [0.25, 0.3) is 0 Å². The molecule has 0 aliphatic carbocycles. The van der Waals surface area contributed by atoms with Crippen molar-refractivity contribution in [2.75, 3.05) is 0 Å². The summed E-state index contributed by atoms with van der Waals surface area (Å²) in [7, 11) is 0. The Morgan fingerprint density at radius 2 is 1.79 bits per heavy atom. The minimum Gasteiger partial charge on any atom is -0.281 e. The summed E-state index contributed by atoms with van der Waals surface area (Å²) in [5, 5.41) is -0.279. The normalized spacial score (nSPS) is 13.7. The predicted octanol–water partition coefficient (Wildman–Crippen LogP) is 3.37. The summed E-state index contributed by atoms with van der Waals surface area (Å²) < 4.78 is 0. The van der Waals surface area contributed by atoms with Gasteiger partial charge in [-0.2, -0.15) is 0 Å². The van der Waals surface area contributed by atoms with E-state index in [1.54, 1.807) is 0 Å². The first kappa shape index (κ1) is 11.3. The van der Waals surface area contributed by atoms with Crippen LogP contribution in [0.5, 0.6) is 0 Å². The summed E-state index contributed by atoms with van der Waals surface area (Å²) in [4.78, 5) is 11.1. The van der Waals surface area contributed by atoms with Crippen LogP contribution >= 0.6 is 11.6 Å². The predicted molar refractivity (Wildman–Crippen MR) is 59.5 cm³/mol. The van der Waals surface area contributed by atoms with Crippen LogP contribution in [0.15, 0.2) is 30.3 Å². The van der Waals surface area contributed by atoms with Crippen LogP contribution in [0.3, 0.4) is 0 Å². The van der Waals surface area contributed by atoms with Crippen molar-refractivity contribution in [2.45, 2.75) is 26.2 Å². The molecule has 0 saturated heterocycles. The number of benzene rings is 1. The van der Waals surface area contributed by atoms with Crippen molar-refractivity contribution in [2.24, 2.45) is 5.92 Å². The van der Waals surface area contributed by atoms with Gasteiger partial charge in [-0.3, -0.25) is 4.79 Å². The second-order valence-electron chi connectivity index (χ2n) is 4.11. The molecule has 1 aromatic carbocycles. The number of halogens is 1. The number of carbonyl (C=O) groups is 1. The Bertz CT molecular complexity index is 316. The maximum absolute atomic E-state index is 11.1. The van der Waals surface area contributed by atoms with Gasteiger partial charge in [-0.1, -0.05) is 51.1 Å². The summed E-state index contributed by atoms with van der Waals surface area (Å²) in [6.07, 6.45) is 0. The number of rotatable bonds is 3. The summed E-state index contributed by atoms with van der Waals surface area (Å²) in [6.45, 7) is 5.93. The zero-order valence-corrected chi connectivity index (χ0v) is 9.51. The Hall–Kier alpha value is -0.820. The third kappa shape index (κ3) is 2.16. The molecule has 1 unspecified atom stereocenters. The van der Waals surface area contributed by atoms with Gasteiger partial charge in [-0.15, -0.1) is 0 Å². The Labute approximate surface area is 90.1 Å². The van der Waals surface area contributed by atoms with Gasteiger partial charge in [0.1, 0.15) is 0 Å². The molecule has 0 amide bonds. The Morgan fingerprint density at radius 3 is 2.21 bits per heavy atom. The largest absolute Gasteiger partial charge is 0.281 e. The molecule has 76 valence electrons. The van der Waals surface area contributed by atoms with E-state index in [1.807, 2.05) is 51.1 Å². The first-order valence-corrected chi connectivity index (χ1v) is 5.09. The Morgan fingerprint density at radius 1 is 1.29 bits per heavy atom. The van der Waals surface area contributed by atoms with Gasteiger partial charge in [0.05, 0.1) is 0 Å². The van der Waals surface area contributed by atoms with Crippen molar-refractivity contribution in [1.29, 1.82) is 0 Å².